The Balaban J connectivity index is 1.80. The standard InChI is InChI=1S/C27H29F5N2O6/c1-14(2)24(34-27(9-3-4-10-40-27)15-5-7-16(28)8-6-15)26(38)33-19(12-21(36)37)20(35)13-39-25-22(31)17(29)11-18(30)23(25)32/h5-8,11,14,19,24,34H,3-4,9-10,12-13H2,1-2H3,(H,33,38)(H,36,37)/t19-,24-,27?/m0/s1. The normalized spacial score (nSPS) is 18.7. The van der Waals surface area contributed by atoms with Crippen LogP contribution in [0.3, 0.4) is 0 Å². The summed E-state index contributed by atoms with van der Waals surface area (Å²) in [6.45, 7) is 2.54. The summed E-state index contributed by atoms with van der Waals surface area (Å²) in [5.41, 5.74) is -0.616. The zero-order valence-corrected chi connectivity index (χ0v) is 21.7. The summed E-state index contributed by atoms with van der Waals surface area (Å²) in [7, 11) is 0. The first-order valence-electron chi connectivity index (χ1n) is 12.5. The Morgan fingerprint density at radius 3 is 2.17 bits per heavy atom. The van der Waals surface area contributed by atoms with Crippen molar-refractivity contribution in [3.05, 3.63) is 65.0 Å². The Morgan fingerprint density at radius 1 is 1.02 bits per heavy atom. The molecule has 218 valence electrons. The van der Waals surface area contributed by atoms with Crippen molar-refractivity contribution in [1.29, 1.82) is 0 Å². The Hall–Kier alpha value is -3.58. The number of carbonyl (C=O) groups is 3. The molecule has 8 nitrogen and oxygen atoms in total. The van der Waals surface area contributed by atoms with E-state index < -0.39 is 89.2 Å². The number of rotatable bonds is 12. The number of ether oxygens (including phenoxy) is 2. The van der Waals surface area contributed by atoms with E-state index in [1.807, 2.05) is 0 Å². The van der Waals surface area contributed by atoms with Crippen LogP contribution < -0.4 is 15.4 Å². The third-order valence-corrected chi connectivity index (χ3v) is 6.43. The molecular formula is C27H29F5N2O6. The van der Waals surface area contributed by atoms with E-state index >= 15 is 0 Å². The first kappa shape index (κ1) is 31.0. The number of carboxylic acid groups (broad SMARTS) is 1. The number of amides is 1. The minimum absolute atomic E-state index is 0.0411. The van der Waals surface area contributed by atoms with Gasteiger partial charge in [-0.25, -0.2) is 13.2 Å². The van der Waals surface area contributed by atoms with Gasteiger partial charge < -0.3 is 19.9 Å². The summed E-state index contributed by atoms with van der Waals surface area (Å²) in [4.78, 5) is 37.5. The lowest BCUT2D eigenvalue weighted by Gasteiger charge is -2.42. The lowest BCUT2D eigenvalue weighted by Crippen LogP contribution is -2.60. The van der Waals surface area contributed by atoms with E-state index in [4.69, 9.17) is 4.74 Å². The summed E-state index contributed by atoms with van der Waals surface area (Å²) in [6, 6.07) is 2.74. The molecule has 3 N–H and O–H groups in total. The molecule has 1 unspecified atom stereocenters. The van der Waals surface area contributed by atoms with Crippen LogP contribution in [0.15, 0.2) is 30.3 Å². The van der Waals surface area contributed by atoms with Gasteiger partial charge in [-0.05, 0) is 42.9 Å². The molecule has 0 spiro atoms. The summed E-state index contributed by atoms with van der Waals surface area (Å²) in [5.74, 6) is -13.1. The van der Waals surface area contributed by atoms with E-state index in [1.54, 1.807) is 13.8 Å². The maximum atomic E-state index is 13.9. The number of hydrogen-bond donors (Lipinski definition) is 3. The molecule has 40 heavy (non-hydrogen) atoms. The number of ketones is 1. The third kappa shape index (κ3) is 7.33. The van der Waals surface area contributed by atoms with Gasteiger partial charge in [0.05, 0.1) is 12.5 Å². The maximum Gasteiger partial charge on any atom is 0.305 e. The molecule has 3 rings (SSSR count). The molecular weight excluding hydrogens is 543 g/mol. The molecule has 1 saturated heterocycles. The highest BCUT2D eigenvalue weighted by Crippen LogP contribution is 2.34. The molecule has 1 heterocycles. The van der Waals surface area contributed by atoms with Crippen molar-refractivity contribution in [2.75, 3.05) is 13.2 Å². The fraction of sp³-hybridized carbons (Fsp3) is 0.444. The average molecular weight is 573 g/mol. The van der Waals surface area contributed by atoms with Crippen LogP contribution in [-0.2, 0) is 24.8 Å². The van der Waals surface area contributed by atoms with Gasteiger partial charge in [-0.15, -0.1) is 0 Å². The molecule has 2 aromatic rings. The number of aliphatic carboxylic acids is 1. The number of carbonyl (C=O) groups excluding carboxylic acids is 2. The molecule has 1 fully saturated rings. The van der Waals surface area contributed by atoms with E-state index in [-0.39, 0.29) is 6.07 Å². The molecule has 2 aromatic carbocycles. The van der Waals surface area contributed by atoms with Crippen molar-refractivity contribution < 1.29 is 50.9 Å². The second-order valence-electron chi connectivity index (χ2n) is 9.72. The van der Waals surface area contributed by atoms with Gasteiger partial charge in [0.2, 0.25) is 17.5 Å². The van der Waals surface area contributed by atoms with Crippen molar-refractivity contribution >= 4 is 17.7 Å². The second kappa shape index (κ2) is 13.2. The van der Waals surface area contributed by atoms with Gasteiger partial charge in [-0.2, -0.15) is 8.78 Å². The number of carboxylic acids is 1. The van der Waals surface area contributed by atoms with Crippen LogP contribution in [0.2, 0.25) is 0 Å². The zero-order valence-electron chi connectivity index (χ0n) is 21.7. The monoisotopic (exact) mass is 572 g/mol. The summed E-state index contributed by atoms with van der Waals surface area (Å²) in [5, 5.41) is 14.8. The molecule has 13 heteroatoms. The van der Waals surface area contributed by atoms with Crippen molar-refractivity contribution in [2.45, 2.75) is 57.3 Å². The van der Waals surface area contributed by atoms with Crippen LogP contribution in [-0.4, -0.2) is 48.1 Å². The summed E-state index contributed by atoms with van der Waals surface area (Å²) in [6.07, 6.45) is 0.999. The Labute approximate surface area is 226 Å². The Morgan fingerprint density at radius 2 is 1.65 bits per heavy atom. The lowest BCUT2D eigenvalue weighted by molar-refractivity contribution is -0.143. The van der Waals surface area contributed by atoms with Crippen LogP contribution in [0.5, 0.6) is 5.75 Å². The van der Waals surface area contributed by atoms with E-state index in [0.29, 0.717) is 18.6 Å². The van der Waals surface area contributed by atoms with Gasteiger partial charge in [0.25, 0.3) is 0 Å². The number of benzene rings is 2. The van der Waals surface area contributed by atoms with E-state index in [2.05, 4.69) is 15.4 Å². The smallest absolute Gasteiger partial charge is 0.305 e. The Kier molecular flexibility index (Phi) is 10.2. The molecule has 0 saturated carbocycles. The van der Waals surface area contributed by atoms with Gasteiger partial charge in [-0.1, -0.05) is 26.0 Å². The topological polar surface area (TPSA) is 114 Å². The fourth-order valence-electron chi connectivity index (χ4n) is 4.33. The number of nitrogens with one attached hydrogen (secondary N) is 2. The molecule has 1 amide bonds. The molecule has 1 aliphatic heterocycles. The van der Waals surface area contributed by atoms with Crippen LogP contribution in [0.25, 0.3) is 0 Å². The predicted octanol–water partition coefficient (Wildman–Crippen LogP) is 3.96. The largest absolute Gasteiger partial charge is 0.481 e. The first-order chi connectivity index (χ1) is 18.8. The van der Waals surface area contributed by atoms with E-state index in [1.165, 1.54) is 24.3 Å². The molecule has 0 aromatic heterocycles. The third-order valence-electron chi connectivity index (χ3n) is 6.43. The van der Waals surface area contributed by atoms with Crippen LogP contribution in [0.1, 0.15) is 45.1 Å². The highest BCUT2D eigenvalue weighted by Gasteiger charge is 2.40. The van der Waals surface area contributed by atoms with Crippen molar-refractivity contribution in [1.82, 2.24) is 10.6 Å². The fourth-order valence-corrected chi connectivity index (χ4v) is 4.33. The summed E-state index contributed by atoms with van der Waals surface area (Å²) >= 11 is 0. The van der Waals surface area contributed by atoms with Crippen molar-refractivity contribution in [3.8, 4) is 5.75 Å². The number of halogens is 5. The van der Waals surface area contributed by atoms with Crippen molar-refractivity contribution in [3.63, 3.8) is 0 Å². The van der Waals surface area contributed by atoms with Crippen LogP contribution >= 0.6 is 0 Å². The minimum atomic E-state index is -1.88. The SMILES string of the molecule is CC(C)[C@H](NC1(c2ccc(F)cc2)CCCCO1)C(=O)N[C@@H](CC(=O)O)C(=O)COc1c(F)c(F)cc(F)c1F. The maximum absolute atomic E-state index is 13.9. The summed E-state index contributed by atoms with van der Waals surface area (Å²) < 4.78 is 79.0. The van der Waals surface area contributed by atoms with E-state index in [0.717, 1.165) is 12.8 Å². The van der Waals surface area contributed by atoms with Crippen molar-refractivity contribution in [2.24, 2.45) is 5.92 Å². The molecule has 1 aliphatic rings. The second-order valence-corrected chi connectivity index (χ2v) is 9.72. The van der Waals surface area contributed by atoms with Crippen LogP contribution in [0.4, 0.5) is 22.0 Å². The van der Waals surface area contributed by atoms with Gasteiger partial charge in [0, 0.05) is 12.7 Å². The van der Waals surface area contributed by atoms with Gasteiger partial charge in [0.15, 0.2) is 23.2 Å². The van der Waals surface area contributed by atoms with Gasteiger partial charge in [0.1, 0.15) is 24.2 Å². The predicted molar refractivity (Wildman–Crippen MR) is 131 cm³/mol. The first-order valence-corrected chi connectivity index (χ1v) is 12.5. The highest BCUT2D eigenvalue weighted by atomic mass is 19.2. The minimum Gasteiger partial charge on any atom is -0.481 e. The van der Waals surface area contributed by atoms with Crippen LogP contribution in [0, 0.1) is 35.0 Å². The number of hydrogen-bond acceptors (Lipinski definition) is 6. The number of Topliss-reactive ketones (excluding diaryl/α,β-unsaturated/α-hetero) is 1. The van der Waals surface area contributed by atoms with E-state index in [9.17, 15) is 41.4 Å². The van der Waals surface area contributed by atoms with Gasteiger partial charge in [-0.3, -0.25) is 19.7 Å². The molecule has 3 atom stereocenters. The molecule has 0 bridgehead atoms. The highest BCUT2D eigenvalue weighted by molar-refractivity contribution is 5.94. The molecule has 0 aliphatic carbocycles. The van der Waals surface area contributed by atoms with Gasteiger partial charge >= 0.3 is 5.97 Å². The average Bonchev–Trinajstić information content (AvgIpc) is 2.90. The quantitative estimate of drug-likeness (QED) is 0.261. The Bertz CT molecular complexity index is 1210. The molecule has 0 radical (unpaired) electrons. The zero-order chi connectivity index (χ0) is 29.6. The lowest BCUT2D eigenvalue weighted by atomic mass is 9.91.